The van der Waals surface area contributed by atoms with E-state index in [1.165, 1.54) is 16.8 Å². The normalized spacial score (nSPS) is 11.2. The summed E-state index contributed by atoms with van der Waals surface area (Å²) < 4.78 is 1.32. The molecule has 1 N–H and O–H groups in total. The Morgan fingerprint density at radius 2 is 1.78 bits per heavy atom. The number of carbonyl (C=O) groups is 2. The van der Waals surface area contributed by atoms with E-state index in [2.05, 4.69) is 5.32 Å². The molecule has 6 nitrogen and oxygen atoms in total. The van der Waals surface area contributed by atoms with Gasteiger partial charge in [0.25, 0.3) is 11.5 Å². The summed E-state index contributed by atoms with van der Waals surface area (Å²) in [5.41, 5.74) is 0.0224. The van der Waals surface area contributed by atoms with Gasteiger partial charge in [0.15, 0.2) is 0 Å². The standard InChI is InChI=1S/C17H27N3O3/c1-7-20(8-2)15(22)12-9-13(16(23)19(6)11-12)18-14(21)10-17(3,4)5/h9,11H,7-8,10H2,1-6H3,(H,18,21). The molecule has 0 aliphatic carbocycles. The van der Waals surface area contributed by atoms with Gasteiger partial charge in [-0.25, -0.2) is 0 Å². The van der Waals surface area contributed by atoms with Gasteiger partial charge in [-0.2, -0.15) is 0 Å². The van der Waals surface area contributed by atoms with Gasteiger partial charge in [-0.3, -0.25) is 14.4 Å². The maximum absolute atomic E-state index is 12.4. The summed E-state index contributed by atoms with van der Waals surface area (Å²) in [5, 5.41) is 2.63. The second kappa shape index (κ2) is 7.44. The average molecular weight is 321 g/mol. The Bertz CT molecular complexity index is 637. The lowest BCUT2D eigenvalue weighted by atomic mass is 9.92. The monoisotopic (exact) mass is 321 g/mol. The molecule has 0 saturated carbocycles. The fraction of sp³-hybridized carbons (Fsp3) is 0.588. The van der Waals surface area contributed by atoms with Crippen molar-refractivity contribution in [3.63, 3.8) is 0 Å². The van der Waals surface area contributed by atoms with E-state index in [-0.39, 0.29) is 28.5 Å². The average Bonchev–Trinajstić information content (AvgIpc) is 2.42. The molecule has 0 spiro atoms. The molecule has 0 aromatic carbocycles. The van der Waals surface area contributed by atoms with Crippen molar-refractivity contribution < 1.29 is 9.59 Å². The van der Waals surface area contributed by atoms with Crippen molar-refractivity contribution in [3.8, 4) is 0 Å². The molecule has 2 amide bonds. The summed E-state index contributed by atoms with van der Waals surface area (Å²) in [5.74, 6) is -0.390. The maximum atomic E-state index is 12.4. The zero-order valence-electron chi connectivity index (χ0n) is 14.9. The van der Waals surface area contributed by atoms with E-state index in [0.717, 1.165) is 0 Å². The van der Waals surface area contributed by atoms with Crippen molar-refractivity contribution in [2.75, 3.05) is 18.4 Å². The van der Waals surface area contributed by atoms with Gasteiger partial charge in [-0.1, -0.05) is 20.8 Å². The first-order valence-electron chi connectivity index (χ1n) is 7.88. The Hall–Kier alpha value is -2.11. The van der Waals surface area contributed by atoms with E-state index in [4.69, 9.17) is 0 Å². The van der Waals surface area contributed by atoms with Gasteiger partial charge in [0.05, 0.1) is 5.56 Å². The lowest BCUT2D eigenvalue weighted by Crippen LogP contribution is -2.33. The number of anilines is 1. The fourth-order valence-electron chi connectivity index (χ4n) is 2.29. The predicted octanol–water partition coefficient (Wildman–Crippen LogP) is 2.24. The van der Waals surface area contributed by atoms with E-state index in [0.29, 0.717) is 25.1 Å². The Kier molecular flexibility index (Phi) is 6.12. The van der Waals surface area contributed by atoms with Gasteiger partial charge in [-0.05, 0) is 25.3 Å². The summed E-state index contributed by atoms with van der Waals surface area (Å²) in [6.45, 7) is 10.8. The molecule has 6 heteroatoms. The van der Waals surface area contributed by atoms with Crippen molar-refractivity contribution in [3.05, 3.63) is 28.2 Å². The van der Waals surface area contributed by atoms with Crippen molar-refractivity contribution in [1.82, 2.24) is 9.47 Å². The smallest absolute Gasteiger partial charge is 0.274 e. The summed E-state index contributed by atoms with van der Waals surface area (Å²) in [6.07, 6.45) is 1.80. The molecule has 23 heavy (non-hydrogen) atoms. The molecule has 0 aliphatic rings. The molecule has 0 atom stereocenters. The highest BCUT2D eigenvalue weighted by Crippen LogP contribution is 2.19. The molecule has 1 heterocycles. The van der Waals surface area contributed by atoms with Gasteiger partial charge in [0.1, 0.15) is 5.69 Å². The minimum Gasteiger partial charge on any atom is -0.339 e. The number of carbonyl (C=O) groups excluding carboxylic acids is 2. The van der Waals surface area contributed by atoms with Crippen LogP contribution in [0.2, 0.25) is 0 Å². The molecule has 0 saturated heterocycles. The van der Waals surface area contributed by atoms with Gasteiger partial charge < -0.3 is 14.8 Å². The van der Waals surface area contributed by atoms with Crippen LogP contribution in [0.3, 0.4) is 0 Å². The van der Waals surface area contributed by atoms with Crippen molar-refractivity contribution >= 4 is 17.5 Å². The summed E-state index contributed by atoms with van der Waals surface area (Å²) in [4.78, 5) is 38.3. The highest BCUT2D eigenvalue weighted by molar-refractivity contribution is 5.96. The number of aryl methyl sites for hydroxylation is 1. The highest BCUT2D eigenvalue weighted by atomic mass is 16.2. The third kappa shape index (κ3) is 5.23. The number of pyridine rings is 1. The predicted molar refractivity (Wildman–Crippen MR) is 91.6 cm³/mol. The number of nitrogens with zero attached hydrogens (tertiary/aromatic N) is 2. The molecule has 1 aromatic rings. The second-order valence-corrected chi connectivity index (χ2v) is 6.82. The first kappa shape index (κ1) is 18.9. The SMILES string of the molecule is CCN(CC)C(=O)c1cc(NC(=O)CC(C)(C)C)c(=O)n(C)c1. The van der Waals surface area contributed by atoms with Crippen LogP contribution in [0.25, 0.3) is 0 Å². The van der Waals surface area contributed by atoms with Crippen LogP contribution in [0.15, 0.2) is 17.1 Å². The minimum atomic E-state index is -0.330. The van der Waals surface area contributed by atoms with Crippen molar-refractivity contribution in [2.24, 2.45) is 12.5 Å². The van der Waals surface area contributed by atoms with Gasteiger partial charge in [0.2, 0.25) is 5.91 Å². The first-order chi connectivity index (χ1) is 10.6. The highest BCUT2D eigenvalue weighted by Gasteiger charge is 2.19. The molecule has 1 aromatic heterocycles. The molecule has 0 bridgehead atoms. The van der Waals surface area contributed by atoms with Crippen LogP contribution in [0.1, 0.15) is 51.4 Å². The lowest BCUT2D eigenvalue weighted by molar-refractivity contribution is -0.117. The molecule has 0 fully saturated rings. The van der Waals surface area contributed by atoms with Gasteiger partial charge >= 0.3 is 0 Å². The third-order valence-corrected chi connectivity index (χ3v) is 3.45. The van der Waals surface area contributed by atoms with Crippen LogP contribution >= 0.6 is 0 Å². The molecule has 1 rings (SSSR count). The molecule has 0 aliphatic heterocycles. The van der Waals surface area contributed by atoms with Crippen LogP contribution in [0.5, 0.6) is 0 Å². The number of nitrogens with one attached hydrogen (secondary N) is 1. The molecule has 0 unspecified atom stereocenters. The molecular weight excluding hydrogens is 294 g/mol. The van der Waals surface area contributed by atoms with Crippen LogP contribution < -0.4 is 10.9 Å². The number of amides is 2. The van der Waals surface area contributed by atoms with Crippen molar-refractivity contribution in [2.45, 2.75) is 41.0 Å². The second-order valence-electron chi connectivity index (χ2n) is 6.82. The summed E-state index contributed by atoms with van der Waals surface area (Å²) >= 11 is 0. The number of hydrogen-bond donors (Lipinski definition) is 1. The zero-order valence-corrected chi connectivity index (χ0v) is 14.9. The quantitative estimate of drug-likeness (QED) is 0.904. The molecular formula is C17H27N3O3. The number of aromatic nitrogens is 1. The van der Waals surface area contributed by atoms with Crippen molar-refractivity contribution in [1.29, 1.82) is 0 Å². The van der Waals surface area contributed by atoms with Crippen LogP contribution in [0.4, 0.5) is 5.69 Å². The summed E-state index contributed by atoms with van der Waals surface area (Å²) in [7, 11) is 1.57. The van der Waals surface area contributed by atoms with E-state index in [1.807, 2.05) is 34.6 Å². The Labute approximate surface area is 137 Å². The zero-order chi connectivity index (χ0) is 17.8. The van der Waals surface area contributed by atoms with Gasteiger partial charge in [0, 0.05) is 32.8 Å². The van der Waals surface area contributed by atoms with E-state index in [9.17, 15) is 14.4 Å². The van der Waals surface area contributed by atoms with Crippen LogP contribution in [0, 0.1) is 5.41 Å². The molecule has 0 radical (unpaired) electrons. The number of rotatable bonds is 5. The fourth-order valence-corrected chi connectivity index (χ4v) is 2.29. The largest absolute Gasteiger partial charge is 0.339 e. The molecule has 128 valence electrons. The lowest BCUT2D eigenvalue weighted by Gasteiger charge is -2.20. The van der Waals surface area contributed by atoms with E-state index >= 15 is 0 Å². The van der Waals surface area contributed by atoms with E-state index in [1.54, 1.807) is 11.9 Å². The topological polar surface area (TPSA) is 71.4 Å². The third-order valence-electron chi connectivity index (χ3n) is 3.45. The Balaban J connectivity index is 3.12. The van der Waals surface area contributed by atoms with Crippen LogP contribution in [-0.4, -0.2) is 34.4 Å². The number of hydrogen-bond acceptors (Lipinski definition) is 3. The Morgan fingerprint density at radius 3 is 2.26 bits per heavy atom. The minimum absolute atomic E-state index is 0.139. The van der Waals surface area contributed by atoms with Gasteiger partial charge in [-0.15, -0.1) is 0 Å². The maximum Gasteiger partial charge on any atom is 0.274 e. The summed E-state index contributed by atoms with van der Waals surface area (Å²) in [6, 6.07) is 1.46. The Morgan fingerprint density at radius 1 is 1.22 bits per heavy atom. The first-order valence-corrected chi connectivity index (χ1v) is 7.88. The van der Waals surface area contributed by atoms with E-state index < -0.39 is 0 Å². The van der Waals surface area contributed by atoms with Crippen LogP contribution in [-0.2, 0) is 11.8 Å².